The third kappa shape index (κ3) is 9.00. The van der Waals surface area contributed by atoms with Crippen molar-refractivity contribution in [3.8, 4) is 5.75 Å². The number of rotatable bonds is 10. The van der Waals surface area contributed by atoms with Gasteiger partial charge in [0.1, 0.15) is 5.75 Å². The predicted octanol–water partition coefficient (Wildman–Crippen LogP) is 6.99. The number of hydrogen-bond acceptors (Lipinski definition) is 5. The molecule has 0 unspecified atom stereocenters. The van der Waals surface area contributed by atoms with Gasteiger partial charge in [-0.25, -0.2) is 0 Å². The number of fused-ring (bicyclic) bond motifs is 1. The minimum Gasteiger partial charge on any atom is -0.494 e. The first-order valence-electron chi connectivity index (χ1n) is 15.7. The topological polar surface area (TPSA) is 91.0 Å². The van der Waals surface area contributed by atoms with Gasteiger partial charge in [-0.05, 0) is 118 Å². The molecule has 10 heteroatoms. The second kappa shape index (κ2) is 15.6. The van der Waals surface area contributed by atoms with Crippen molar-refractivity contribution in [2.75, 3.05) is 43.0 Å². The van der Waals surface area contributed by atoms with E-state index in [2.05, 4.69) is 15.5 Å². The minimum atomic E-state index is -0.356. The third-order valence-corrected chi connectivity index (χ3v) is 8.92. The lowest BCUT2D eigenvalue weighted by Gasteiger charge is -2.32. The lowest BCUT2D eigenvalue weighted by atomic mass is 10.0. The summed E-state index contributed by atoms with van der Waals surface area (Å²) in [7, 11) is 0. The first-order valence-corrected chi connectivity index (χ1v) is 16.5. The number of amides is 3. The molecule has 3 aromatic carbocycles. The number of ether oxygens (including phenoxy) is 1. The van der Waals surface area contributed by atoms with Gasteiger partial charge in [0.05, 0.1) is 17.2 Å². The highest BCUT2D eigenvalue weighted by atomic mass is 35.5. The smallest absolute Gasteiger partial charge is 0.258 e. The molecule has 238 valence electrons. The fourth-order valence-corrected chi connectivity index (χ4v) is 6.37. The van der Waals surface area contributed by atoms with E-state index < -0.39 is 0 Å². The summed E-state index contributed by atoms with van der Waals surface area (Å²) in [5, 5.41) is 6.89. The van der Waals surface area contributed by atoms with Crippen molar-refractivity contribution < 1.29 is 19.1 Å². The third-order valence-electron chi connectivity index (χ3n) is 8.36. The molecule has 1 fully saturated rings. The molecule has 3 aromatic rings. The van der Waals surface area contributed by atoms with Crippen LogP contribution in [0.15, 0.2) is 60.7 Å². The molecule has 2 heterocycles. The second-order valence-corrected chi connectivity index (χ2v) is 12.6. The molecule has 1 saturated heterocycles. The van der Waals surface area contributed by atoms with E-state index in [4.69, 9.17) is 27.9 Å². The van der Waals surface area contributed by atoms with Crippen molar-refractivity contribution >= 4 is 52.3 Å². The Labute approximate surface area is 275 Å². The molecule has 2 N–H and O–H groups in total. The van der Waals surface area contributed by atoms with Crippen LogP contribution in [0.3, 0.4) is 0 Å². The monoisotopic (exact) mass is 650 g/mol. The van der Waals surface area contributed by atoms with E-state index in [-0.39, 0.29) is 23.8 Å². The normalized spacial score (nSPS) is 15.6. The Balaban J connectivity index is 1.11. The van der Waals surface area contributed by atoms with Gasteiger partial charge in [0.15, 0.2) is 0 Å². The maximum Gasteiger partial charge on any atom is 0.258 e. The molecular weight excluding hydrogens is 611 g/mol. The summed E-state index contributed by atoms with van der Waals surface area (Å²) in [5.41, 5.74) is 3.39. The Morgan fingerprint density at radius 2 is 1.69 bits per heavy atom. The highest BCUT2D eigenvalue weighted by molar-refractivity contribution is 6.34. The van der Waals surface area contributed by atoms with Gasteiger partial charge in [0, 0.05) is 54.6 Å². The fourth-order valence-electron chi connectivity index (χ4n) is 5.97. The van der Waals surface area contributed by atoms with Crippen molar-refractivity contribution in [3.63, 3.8) is 0 Å². The highest BCUT2D eigenvalue weighted by Crippen LogP contribution is 2.30. The van der Waals surface area contributed by atoms with Crippen LogP contribution >= 0.6 is 23.2 Å². The molecule has 0 radical (unpaired) electrons. The minimum absolute atomic E-state index is 0.0394. The zero-order chi connectivity index (χ0) is 31.8. The summed E-state index contributed by atoms with van der Waals surface area (Å²) in [4.78, 5) is 42.1. The van der Waals surface area contributed by atoms with Gasteiger partial charge >= 0.3 is 0 Å². The molecule has 0 spiro atoms. The van der Waals surface area contributed by atoms with Crippen LogP contribution in [0.1, 0.15) is 71.7 Å². The summed E-state index contributed by atoms with van der Waals surface area (Å²) in [6, 6.07) is 18.0. The molecule has 8 nitrogen and oxygen atoms in total. The van der Waals surface area contributed by atoms with Gasteiger partial charge in [0.25, 0.3) is 11.8 Å². The number of carbonyl (C=O) groups excluding carboxylic acids is 3. The van der Waals surface area contributed by atoms with Crippen molar-refractivity contribution in [2.45, 2.75) is 57.9 Å². The van der Waals surface area contributed by atoms with Gasteiger partial charge in [-0.15, -0.1) is 0 Å². The molecule has 0 aromatic heterocycles. The van der Waals surface area contributed by atoms with Crippen molar-refractivity contribution in [2.24, 2.45) is 0 Å². The number of halogens is 2. The molecule has 0 saturated carbocycles. The molecular formula is C35H40Cl2N4O4. The van der Waals surface area contributed by atoms with Gasteiger partial charge < -0.3 is 25.2 Å². The summed E-state index contributed by atoms with van der Waals surface area (Å²) >= 11 is 12.6. The molecule has 2 aliphatic heterocycles. The standard InChI is InChI=1S/C35H40Cl2N4O4/c1-24(42)38-29-15-19-40(20-16-29)17-4-5-21-45-30-12-13-32(37)31(23-30)34(43)39-28-10-7-25(8-11-28)35(44)41-18-3-2-6-26-22-27(36)9-14-33(26)41/h7-14,22-23,29H,2-6,15-21H2,1H3,(H,38,42)(H,39,43). The molecule has 0 bridgehead atoms. The number of benzene rings is 3. The van der Waals surface area contributed by atoms with Crippen LogP contribution in [-0.2, 0) is 11.2 Å². The highest BCUT2D eigenvalue weighted by Gasteiger charge is 2.23. The van der Waals surface area contributed by atoms with E-state index in [1.807, 2.05) is 23.1 Å². The predicted molar refractivity (Wildman–Crippen MR) is 180 cm³/mol. The first-order chi connectivity index (χ1) is 21.8. The van der Waals surface area contributed by atoms with Crippen LogP contribution in [0.25, 0.3) is 0 Å². The first kappa shape index (κ1) is 32.8. The van der Waals surface area contributed by atoms with E-state index in [1.54, 1.807) is 49.4 Å². The van der Waals surface area contributed by atoms with Crippen LogP contribution in [0.4, 0.5) is 11.4 Å². The van der Waals surface area contributed by atoms with E-state index in [0.29, 0.717) is 45.8 Å². The van der Waals surface area contributed by atoms with Gasteiger partial charge in [-0.2, -0.15) is 0 Å². The Bertz CT molecular complexity index is 1510. The zero-order valence-electron chi connectivity index (χ0n) is 25.6. The summed E-state index contributed by atoms with van der Waals surface area (Å²) < 4.78 is 5.94. The molecule has 0 atom stereocenters. The van der Waals surface area contributed by atoms with Crippen molar-refractivity contribution in [3.05, 3.63) is 87.4 Å². The van der Waals surface area contributed by atoms with Crippen molar-refractivity contribution in [1.29, 1.82) is 0 Å². The van der Waals surface area contributed by atoms with Gasteiger partial charge in [-0.1, -0.05) is 23.2 Å². The Hall–Kier alpha value is -3.59. The number of piperidine rings is 1. The van der Waals surface area contributed by atoms with Gasteiger partial charge in [0.2, 0.25) is 5.91 Å². The number of carbonyl (C=O) groups is 3. The Morgan fingerprint density at radius 1 is 0.911 bits per heavy atom. The summed E-state index contributed by atoms with van der Waals surface area (Å²) in [6.07, 6.45) is 6.66. The van der Waals surface area contributed by atoms with Crippen LogP contribution in [-0.4, -0.2) is 61.4 Å². The average Bonchev–Trinajstić information content (AvgIpc) is 3.24. The number of anilines is 2. The lowest BCUT2D eigenvalue weighted by Crippen LogP contribution is -2.44. The number of unbranched alkanes of at least 4 members (excludes halogenated alkanes) is 1. The fraction of sp³-hybridized carbons (Fsp3) is 0.400. The van der Waals surface area contributed by atoms with Crippen LogP contribution in [0.5, 0.6) is 5.75 Å². The zero-order valence-corrected chi connectivity index (χ0v) is 27.1. The molecule has 45 heavy (non-hydrogen) atoms. The quantitative estimate of drug-likeness (QED) is 0.231. The number of nitrogens with one attached hydrogen (secondary N) is 2. The lowest BCUT2D eigenvalue weighted by molar-refractivity contribution is -0.119. The molecule has 0 aliphatic carbocycles. The maximum atomic E-state index is 13.4. The van der Waals surface area contributed by atoms with E-state index in [0.717, 1.165) is 75.8 Å². The average molecular weight is 652 g/mol. The van der Waals surface area contributed by atoms with Gasteiger partial charge in [-0.3, -0.25) is 14.4 Å². The number of hydrogen-bond donors (Lipinski definition) is 2. The molecule has 5 rings (SSSR count). The Morgan fingerprint density at radius 3 is 2.44 bits per heavy atom. The SMILES string of the molecule is CC(=O)NC1CCN(CCCCOc2ccc(Cl)c(C(=O)Nc3ccc(C(=O)N4CCCCc5cc(Cl)ccc54)cc3)c2)CC1. The molecule has 2 aliphatic rings. The summed E-state index contributed by atoms with van der Waals surface area (Å²) in [6.45, 7) is 5.72. The van der Waals surface area contributed by atoms with Crippen LogP contribution in [0, 0.1) is 0 Å². The number of aryl methyl sites for hydroxylation is 1. The largest absolute Gasteiger partial charge is 0.494 e. The number of likely N-dealkylation sites (tertiary alicyclic amines) is 1. The maximum absolute atomic E-state index is 13.4. The van der Waals surface area contributed by atoms with E-state index >= 15 is 0 Å². The summed E-state index contributed by atoms with van der Waals surface area (Å²) in [5.74, 6) is 0.182. The van der Waals surface area contributed by atoms with Crippen LogP contribution in [0.2, 0.25) is 10.0 Å². The number of nitrogens with zero attached hydrogens (tertiary/aromatic N) is 2. The van der Waals surface area contributed by atoms with Crippen LogP contribution < -0.4 is 20.3 Å². The molecule has 3 amide bonds. The Kier molecular flexibility index (Phi) is 11.4. The van der Waals surface area contributed by atoms with E-state index in [9.17, 15) is 14.4 Å². The second-order valence-electron chi connectivity index (χ2n) is 11.7. The van der Waals surface area contributed by atoms with Crippen molar-refractivity contribution in [1.82, 2.24) is 10.2 Å². The van der Waals surface area contributed by atoms with E-state index in [1.165, 1.54) is 0 Å².